The maximum absolute atomic E-state index is 5.48. The van der Waals surface area contributed by atoms with Gasteiger partial charge in [-0.1, -0.05) is 26.2 Å². The summed E-state index contributed by atoms with van der Waals surface area (Å²) in [6.45, 7) is 5.73. The second-order valence-corrected chi connectivity index (χ2v) is 7.46. The Labute approximate surface area is 151 Å². The first-order chi connectivity index (χ1) is 12.3. The predicted molar refractivity (Wildman–Crippen MR) is 101 cm³/mol. The average Bonchev–Trinajstić information content (AvgIpc) is 3.33. The molecule has 5 heteroatoms. The van der Waals surface area contributed by atoms with E-state index in [1.807, 2.05) is 12.1 Å². The number of nitrogens with one attached hydrogen (secondary N) is 2. The van der Waals surface area contributed by atoms with Crippen molar-refractivity contribution < 1.29 is 9.15 Å². The molecule has 3 atom stereocenters. The van der Waals surface area contributed by atoms with E-state index >= 15 is 0 Å². The van der Waals surface area contributed by atoms with Crippen LogP contribution in [0.4, 0.5) is 0 Å². The van der Waals surface area contributed by atoms with Crippen LogP contribution in [-0.4, -0.2) is 38.3 Å². The molecule has 140 valence electrons. The van der Waals surface area contributed by atoms with Crippen molar-refractivity contribution in [3.05, 3.63) is 24.2 Å². The van der Waals surface area contributed by atoms with Crippen molar-refractivity contribution in [2.24, 2.45) is 16.8 Å². The monoisotopic (exact) mass is 347 g/mol. The third-order valence-electron chi connectivity index (χ3n) is 5.48. The van der Waals surface area contributed by atoms with Gasteiger partial charge in [0.05, 0.1) is 12.9 Å². The highest BCUT2D eigenvalue weighted by Gasteiger charge is 2.22. The van der Waals surface area contributed by atoms with Crippen molar-refractivity contribution >= 4 is 5.96 Å². The highest BCUT2D eigenvalue weighted by molar-refractivity contribution is 5.80. The molecule has 0 amide bonds. The molecule has 1 saturated heterocycles. The minimum absolute atomic E-state index is 0.549. The summed E-state index contributed by atoms with van der Waals surface area (Å²) in [7, 11) is 0. The number of furan rings is 1. The van der Waals surface area contributed by atoms with Crippen molar-refractivity contribution in [2.45, 2.75) is 57.9 Å². The van der Waals surface area contributed by atoms with Crippen LogP contribution < -0.4 is 10.6 Å². The van der Waals surface area contributed by atoms with Gasteiger partial charge in [-0.3, -0.25) is 4.99 Å². The van der Waals surface area contributed by atoms with Crippen molar-refractivity contribution in [1.82, 2.24) is 10.6 Å². The van der Waals surface area contributed by atoms with Crippen LogP contribution in [0.15, 0.2) is 27.8 Å². The molecule has 0 aromatic carbocycles. The SMILES string of the molecule is CCC1CCCC(NC(=NCC2CCOC2)NCCc2ccco2)C1. The summed E-state index contributed by atoms with van der Waals surface area (Å²) in [4.78, 5) is 4.85. The Morgan fingerprint density at radius 3 is 3.00 bits per heavy atom. The Hall–Kier alpha value is -1.49. The fraction of sp³-hybridized carbons (Fsp3) is 0.750. The summed E-state index contributed by atoms with van der Waals surface area (Å²) >= 11 is 0. The number of hydrogen-bond acceptors (Lipinski definition) is 3. The van der Waals surface area contributed by atoms with Gasteiger partial charge in [0.1, 0.15) is 5.76 Å². The molecule has 2 N–H and O–H groups in total. The van der Waals surface area contributed by atoms with Gasteiger partial charge in [-0.15, -0.1) is 0 Å². The van der Waals surface area contributed by atoms with E-state index in [9.17, 15) is 0 Å². The van der Waals surface area contributed by atoms with Gasteiger partial charge in [-0.05, 0) is 37.3 Å². The van der Waals surface area contributed by atoms with Gasteiger partial charge in [0.2, 0.25) is 0 Å². The molecule has 3 rings (SSSR count). The number of guanidine groups is 1. The average molecular weight is 348 g/mol. The second kappa shape index (κ2) is 9.85. The zero-order valence-electron chi connectivity index (χ0n) is 15.5. The molecule has 2 aliphatic rings. The summed E-state index contributed by atoms with van der Waals surface area (Å²) in [6, 6.07) is 4.51. The lowest BCUT2D eigenvalue weighted by molar-refractivity contribution is 0.187. The third-order valence-corrected chi connectivity index (χ3v) is 5.48. The Balaban J connectivity index is 1.51. The van der Waals surface area contributed by atoms with E-state index in [-0.39, 0.29) is 0 Å². The largest absolute Gasteiger partial charge is 0.469 e. The lowest BCUT2D eigenvalue weighted by Crippen LogP contribution is -2.46. The quantitative estimate of drug-likeness (QED) is 0.586. The maximum atomic E-state index is 5.48. The van der Waals surface area contributed by atoms with Crippen LogP contribution in [0, 0.1) is 11.8 Å². The maximum Gasteiger partial charge on any atom is 0.191 e. The number of hydrogen-bond donors (Lipinski definition) is 2. The molecule has 1 aliphatic carbocycles. The number of nitrogens with zero attached hydrogens (tertiary/aromatic N) is 1. The molecule has 25 heavy (non-hydrogen) atoms. The standard InChI is InChI=1S/C20H33N3O2/c1-2-16-5-3-6-18(13-16)23-20(22-14-17-9-12-24-15-17)21-10-8-19-7-4-11-25-19/h4,7,11,16-18H,2-3,5-6,8-10,12-15H2,1H3,(H2,21,22,23). The van der Waals surface area contributed by atoms with Crippen LogP contribution in [-0.2, 0) is 11.2 Å². The molecular weight excluding hydrogens is 314 g/mol. The van der Waals surface area contributed by atoms with E-state index in [2.05, 4.69) is 17.6 Å². The molecule has 2 fully saturated rings. The number of aliphatic imine (C=N–C) groups is 1. The van der Waals surface area contributed by atoms with Gasteiger partial charge in [-0.2, -0.15) is 0 Å². The van der Waals surface area contributed by atoms with Gasteiger partial charge >= 0.3 is 0 Å². The Morgan fingerprint density at radius 1 is 1.28 bits per heavy atom. The molecule has 0 bridgehead atoms. The lowest BCUT2D eigenvalue weighted by Gasteiger charge is -2.30. The van der Waals surface area contributed by atoms with Crippen molar-refractivity contribution in [3.8, 4) is 0 Å². The van der Waals surface area contributed by atoms with Crippen LogP contribution in [0.25, 0.3) is 0 Å². The van der Waals surface area contributed by atoms with E-state index in [1.165, 1.54) is 32.1 Å². The first-order valence-electron chi connectivity index (χ1n) is 9.98. The van der Waals surface area contributed by atoms with Crippen molar-refractivity contribution in [3.63, 3.8) is 0 Å². The second-order valence-electron chi connectivity index (χ2n) is 7.46. The van der Waals surface area contributed by atoms with E-state index in [0.29, 0.717) is 12.0 Å². The van der Waals surface area contributed by atoms with Gasteiger partial charge in [-0.25, -0.2) is 0 Å². The van der Waals surface area contributed by atoms with E-state index in [0.717, 1.165) is 56.8 Å². The fourth-order valence-electron chi connectivity index (χ4n) is 3.85. The molecular formula is C20H33N3O2. The normalized spacial score (nSPS) is 27.4. The summed E-state index contributed by atoms with van der Waals surface area (Å²) in [5.74, 6) is 3.40. The Kier molecular flexibility index (Phi) is 7.22. The van der Waals surface area contributed by atoms with E-state index < -0.39 is 0 Å². The molecule has 2 heterocycles. The lowest BCUT2D eigenvalue weighted by atomic mass is 9.84. The molecule has 0 spiro atoms. The molecule has 1 saturated carbocycles. The summed E-state index contributed by atoms with van der Waals surface area (Å²) < 4.78 is 10.9. The van der Waals surface area contributed by atoms with Crippen LogP contribution >= 0.6 is 0 Å². The first-order valence-corrected chi connectivity index (χ1v) is 9.98. The minimum Gasteiger partial charge on any atom is -0.469 e. The van der Waals surface area contributed by atoms with Crippen molar-refractivity contribution in [2.75, 3.05) is 26.3 Å². The van der Waals surface area contributed by atoms with Gasteiger partial charge in [0, 0.05) is 38.1 Å². The van der Waals surface area contributed by atoms with Gasteiger partial charge < -0.3 is 19.8 Å². The molecule has 3 unspecified atom stereocenters. The molecule has 5 nitrogen and oxygen atoms in total. The van der Waals surface area contributed by atoms with Crippen LogP contribution in [0.3, 0.4) is 0 Å². The van der Waals surface area contributed by atoms with Gasteiger partial charge in [0.15, 0.2) is 5.96 Å². The van der Waals surface area contributed by atoms with Crippen LogP contribution in [0.2, 0.25) is 0 Å². The summed E-state index contributed by atoms with van der Waals surface area (Å²) in [6.07, 6.45) is 10.3. The highest BCUT2D eigenvalue weighted by atomic mass is 16.5. The fourth-order valence-corrected chi connectivity index (χ4v) is 3.85. The molecule has 1 aromatic rings. The van der Waals surface area contributed by atoms with Crippen LogP contribution in [0.1, 0.15) is 51.2 Å². The first kappa shape index (κ1) is 18.3. The summed E-state index contributed by atoms with van der Waals surface area (Å²) in [5.41, 5.74) is 0. The predicted octanol–water partition coefficient (Wildman–Crippen LogP) is 3.36. The number of rotatable bonds is 7. The molecule has 1 aliphatic heterocycles. The zero-order chi connectivity index (χ0) is 17.3. The highest BCUT2D eigenvalue weighted by Crippen LogP contribution is 2.26. The van der Waals surface area contributed by atoms with Crippen LogP contribution in [0.5, 0.6) is 0 Å². The smallest absolute Gasteiger partial charge is 0.191 e. The summed E-state index contributed by atoms with van der Waals surface area (Å²) in [5, 5.41) is 7.19. The zero-order valence-corrected chi connectivity index (χ0v) is 15.5. The Bertz CT molecular complexity index is 509. The Morgan fingerprint density at radius 2 is 2.24 bits per heavy atom. The van der Waals surface area contributed by atoms with E-state index in [1.54, 1.807) is 6.26 Å². The topological polar surface area (TPSA) is 58.8 Å². The third kappa shape index (κ3) is 6.07. The van der Waals surface area contributed by atoms with Gasteiger partial charge in [0.25, 0.3) is 0 Å². The number of ether oxygens (including phenoxy) is 1. The minimum atomic E-state index is 0.549. The molecule has 1 aromatic heterocycles. The van der Waals surface area contributed by atoms with E-state index in [4.69, 9.17) is 14.1 Å². The molecule has 0 radical (unpaired) electrons. The van der Waals surface area contributed by atoms with Crippen molar-refractivity contribution in [1.29, 1.82) is 0 Å².